The third-order valence-electron chi connectivity index (χ3n) is 6.00. The number of aromatic nitrogens is 4. The summed E-state index contributed by atoms with van der Waals surface area (Å²) in [7, 11) is 2.11. The minimum Gasteiger partial charge on any atom is -0.421 e. The van der Waals surface area contributed by atoms with Crippen LogP contribution in [-0.2, 0) is 0 Å². The molecule has 0 bridgehead atoms. The normalized spacial score (nSPS) is 15.0. The van der Waals surface area contributed by atoms with Gasteiger partial charge in [0, 0.05) is 36.4 Å². The number of likely N-dealkylation sites (tertiary alicyclic amines) is 1. The van der Waals surface area contributed by atoms with Gasteiger partial charge in [0.05, 0.1) is 5.69 Å². The lowest BCUT2D eigenvalue weighted by atomic mass is 10.0. The summed E-state index contributed by atoms with van der Waals surface area (Å²) in [6, 6.07) is 19.2. The van der Waals surface area contributed by atoms with Gasteiger partial charge in [-0.2, -0.15) is 0 Å². The molecule has 1 aliphatic rings. The summed E-state index contributed by atoms with van der Waals surface area (Å²) in [6.07, 6.45) is 3.68. The number of para-hydroxylation sites is 1. The van der Waals surface area contributed by atoms with Gasteiger partial charge in [-0.05, 0) is 63.3 Å². The van der Waals surface area contributed by atoms with E-state index in [0.29, 0.717) is 23.2 Å². The van der Waals surface area contributed by atoms with Gasteiger partial charge >= 0.3 is 0 Å². The number of benzene rings is 2. The number of anilines is 1. The molecule has 33 heavy (non-hydrogen) atoms. The van der Waals surface area contributed by atoms with Gasteiger partial charge in [0.15, 0.2) is 5.82 Å². The molecule has 168 valence electrons. The molecule has 0 aliphatic carbocycles. The van der Waals surface area contributed by atoms with Gasteiger partial charge in [0.1, 0.15) is 0 Å². The summed E-state index contributed by atoms with van der Waals surface area (Å²) in [6.45, 7) is 3.63. The van der Waals surface area contributed by atoms with Crippen LogP contribution in [0.4, 0.5) is 5.82 Å². The lowest BCUT2D eigenvalue weighted by Gasteiger charge is -2.36. The molecule has 1 fully saturated rings. The van der Waals surface area contributed by atoms with E-state index in [4.69, 9.17) is 9.52 Å². The van der Waals surface area contributed by atoms with E-state index in [9.17, 15) is 4.79 Å². The SMILES string of the molecule is Cc1nnc(-c2cccc(C(=O)N(c3ccn(-c4ccccc4)n3)C3CCN(C)CC3)c2)o1. The first-order valence-corrected chi connectivity index (χ1v) is 11.1. The third kappa shape index (κ3) is 4.42. The average molecular weight is 443 g/mol. The maximum atomic E-state index is 13.9. The second kappa shape index (κ2) is 8.99. The second-order valence-electron chi connectivity index (χ2n) is 8.37. The predicted molar refractivity (Wildman–Crippen MR) is 125 cm³/mol. The van der Waals surface area contributed by atoms with Gasteiger partial charge in [0.2, 0.25) is 11.8 Å². The van der Waals surface area contributed by atoms with Crippen LogP contribution in [0.15, 0.2) is 71.3 Å². The zero-order valence-corrected chi connectivity index (χ0v) is 18.8. The first-order chi connectivity index (χ1) is 16.1. The van der Waals surface area contributed by atoms with Crippen molar-refractivity contribution in [1.82, 2.24) is 24.9 Å². The fraction of sp³-hybridized carbons (Fsp3) is 0.280. The monoisotopic (exact) mass is 442 g/mol. The highest BCUT2D eigenvalue weighted by Gasteiger charge is 2.31. The van der Waals surface area contributed by atoms with Crippen LogP contribution in [-0.4, -0.2) is 57.0 Å². The molecule has 1 saturated heterocycles. The lowest BCUT2D eigenvalue weighted by molar-refractivity contribution is 0.0962. The van der Waals surface area contributed by atoms with E-state index in [1.54, 1.807) is 6.92 Å². The molecule has 2 aromatic heterocycles. The van der Waals surface area contributed by atoms with E-state index in [1.807, 2.05) is 76.4 Å². The smallest absolute Gasteiger partial charge is 0.259 e. The molecule has 0 N–H and O–H groups in total. The van der Waals surface area contributed by atoms with E-state index in [1.165, 1.54) is 0 Å². The number of hydrogen-bond donors (Lipinski definition) is 0. The highest BCUT2D eigenvalue weighted by atomic mass is 16.4. The first-order valence-electron chi connectivity index (χ1n) is 11.1. The Labute approximate surface area is 192 Å². The van der Waals surface area contributed by atoms with Gasteiger partial charge in [-0.1, -0.05) is 24.3 Å². The summed E-state index contributed by atoms with van der Waals surface area (Å²) in [5.74, 6) is 1.46. The molecular weight excluding hydrogens is 416 g/mol. The fourth-order valence-electron chi connectivity index (χ4n) is 4.21. The van der Waals surface area contributed by atoms with E-state index in [2.05, 4.69) is 22.1 Å². The molecule has 8 nitrogen and oxygen atoms in total. The Bertz CT molecular complexity index is 1240. The Morgan fingerprint density at radius 2 is 1.82 bits per heavy atom. The molecule has 5 rings (SSSR count). The zero-order valence-electron chi connectivity index (χ0n) is 18.8. The summed E-state index contributed by atoms with van der Waals surface area (Å²) in [4.78, 5) is 18.0. The molecule has 8 heteroatoms. The topological polar surface area (TPSA) is 80.3 Å². The number of carbonyl (C=O) groups excluding carboxylic acids is 1. The van der Waals surface area contributed by atoms with Gasteiger partial charge in [-0.3, -0.25) is 9.69 Å². The van der Waals surface area contributed by atoms with Gasteiger partial charge in [0.25, 0.3) is 5.91 Å². The third-order valence-corrected chi connectivity index (χ3v) is 6.00. The van der Waals surface area contributed by atoms with Crippen LogP contribution in [0, 0.1) is 6.92 Å². The van der Waals surface area contributed by atoms with Crippen molar-refractivity contribution in [2.75, 3.05) is 25.0 Å². The maximum Gasteiger partial charge on any atom is 0.259 e. The van der Waals surface area contributed by atoms with Gasteiger partial charge < -0.3 is 9.32 Å². The van der Waals surface area contributed by atoms with E-state index < -0.39 is 0 Å². The van der Waals surface area contributed by atoms with Crippen molar-refractivity contribution < 1.29 is 9.21 Å². The van der Waals surface area contributed by atoms with Crippen LogP contribution in [0.3, 0.4) is 0 Å². The number of carbonyl (C=O) groups is 1. The minimum absolute atomic E-state index is 0.0714. The van der Waals surface area contributed by atoms with Gasteiger partial charge in [-0.15, -0.1) is 15.3 Å². The Morgan fingerprint density at radius 1 is 1.03 bits per heavy atom. The quantitative estimate of drug-likeness (QED) is 0.465. The molecule has 4 aromatic rings. The molecule has 0 atom stereocenters. The van der Waals surface area contributed by atoms with Crippen molar-refractivity contribution in [2.24, 2.45) is 0 Å². The van der Waals surface area contributed by atoms with Crippen LogP contribution in [0.1, 0.15) is 29.1 Å². The Balaban J connectivity index is 1.50. The molecule has 0 saturated carbocycles. The Kier molecular flexibility index (Phi) is 5.75. The van der Waals surface area contributed by atoms with E-state index >= 15 is 0 Å². The molecular formula is C25H26N6O2. The highest BCUT2D eigenvalue weighted by Crippen LogP contribution is 2.27. The van der Waals surface area contributed by atoms with Crippen LogP contribution in [0.25, 0.3) is 17.1 Å². The number of aryl methyl sites for hydroxylation is 1. The van der Waals surface area contributed by atoms with Crippen molar-refractivity contribution in [3.05, 3.63) is 78.3 Å². The Hall–Kier alpha value is -3.78. The van der Waals surface area contributed by atoms with Crippen molar-refractivity contribution in [3.63, 3.8) is 0 Å². The lowest BCUT2D eigenvalue weighted by Crippen LogP contribution is -2.47. The largest absolute Gasteiger partial charge is 0.421 e. The minimum atomic E-state index is -0.0825. The average Bonchev–Trinajstić information content (AvgIpc) is 3.51. The highest BCUT2D eigenvalue weighted by molar-refractivity contribution is 6.06. The van der Waals surface area contributed by atoms with Crippen molar-refractivity contribution in [3.8, 4) is 17.1 Å². The van der Waals surface area contributed by atoms with Gasteiger partial charge in [-0.25, -0.2) is 4.68 Å². The summed E-state index contributed by atoms with van der Waals surface area (Å²) < 4.78 is 7.37. The number of piperidine rings is 1. The van der Waals surface area contributed by atoms with E-state index in [-0.39, 0.29) is 11.9 Å². The Morgan fingerprint density at radius 3 is 2.55 bits per heavy atom. The second-order valence-corrected chi connectivity index (χ2v) is 8.37. The van der Waals surface area contributed by atoms with Crippen LogP contribution in [0.2, 0.25) is 0 Å². The fourth-order valence-corrected chi connectivity index (χ4v) is 4.21. The molecule has 1 amide bonds. The molecule has 0 unspecified atom stereocenters. The van der Waals surface area contributed by atoms with Crippen LogP contribution in [0.5, 0.6) is 0 Å². The first kappa shape index (κ1) is 21.1. The van der Waals surface area contributed by atoms with Crippen LogP contribution < -0.4 is 4.90 Å². The van der Waals surface area contributed by atoms with Crippen molar-refractivity contribution in [1.29, 1.82) is 0 Å². The number of hydrogen-bond acceptors (Lipinski definition) is 6. The number of amides is 1. The van der Waals surface area contributed by atoms with E-state index in [0.717, 1.165) is 37.2 Å². The number of rotatable bonds is 5. The number of nitrogens with zero attached hydrogens (tertiary/aromatic N) is 6. The molecule has 1 aliphatic heterocycles. The zero-order chi connectivity index (χ0) is 22.8. The van der Waals surface area contributed by atoms with Crippen molar-refractivity contribution in [2.45, 2.75) is 25.8 Å². The summed E-state index contributed by atoms with van der Waals surface area (Å²) >= 11 is 0. The standard InChI is InChI=1S/C25H26N6O2/c1-18-26-27-24(33-18)19-7-6-8-20(17-19)25(32)31(22-11-14-29(2)15-12-22)23-13-16-30(28-23)21-9-4-3-5-10-21/h3-10,13,16-17,22H,11-12,14-15H2,1-2H3. The van der Waals surface area contributed by atoms with Crippen LogP contribution >= 0.6 is 0 Å². The maximum absolute atomic E-state index is 13.9. The molecule has 2 aromatic carbocycles. The summed E-state index contributed by atoms with van der Waals surface area (Å²) in [5, 5.41) is 12.8. The predicted octanol–water partition coefficient (Wildman–Crippen LogP) is 3.97. The molecule has 0 radical (unpaired) electrons. The molecule has 0 spiro atoms. The van der Waals surface area contributed by atoms with Crippen molar-refractivity contribution >= 4 is 11.7 Å². The summed E-state index contributed by atoms with van der Waals surface area (Å²) in [5.41, 5.74) is 2.24. The molecule has 3 heterocycles.